The minimum Gasteiger partial charge on any atom is -0.464 e. The van der Waals surface area contributed by atoms with Gasteiger partial charge in [0.05, 0.1) is 11.8 Å². The van der Waals surface area contributed by atoms with Gasteiger partial charge in [0.1, 0.15) is 17.7 Å². The topological polar surface area (TPSA) is 62.5 Å². The van der Waals surface area contributed by atoms with E-state index in [4.69, 9.17) is 4.42 Å². The normalized spacial score (nSPS) is 14.8. The van der Waals surface area contributed by atoms with Gasteiger partial charge in [-0.3, -0.25) is 4.79 Å². The second-order valence-corrected chi connectivity index (χ2v) is 6.67. The molecular weight excluding hydrogens is 340 g/mol. The highest BCUT2D eigenvalue weighted by molar-refractivity contribution is 5.98. The Morgan fingerprint density at radius 3 is 2.70 bits per heavy atom. The number of hydrogen-bond donors (Lipinski definition) is 0. The number of anilines is 1. The number of nitrogens with zero attached hydrogens (tertiary/aromatic N) is 4. The van der Waals surface area contributed by atoms with Crippen molar-refractivity contribution in [3.8, 4) is 0 Å². The molecule has 0 unspecified atom stereocenters. The summed E-state index contributed by atoms with van der Waals surface area (Å²) in [6.07, 6.45) is 3.25. The molecule has 27 heavy (non-hydrogen) atoms. The van der Waals surface area contributed by atoms with Crippen LogP contribution in [0.25, 0.3) is 21.9 Å². The maximum absolute atomic E-state index is 12.9. The Hall–Kier alpha value is -3.41. The minimum absolute atomic E-state index is 0.0605. The van der Waals surface area contributed by atoms with E-state index in [1.807, 2.05) is 53.4 Å². The van der Waals surface area contributed by atoms with Crippen LogP contribution >= 0.6 is 0 Å². The molecule has 6 heteroatoms. The highest BCUT2D eigenvalue weighted by Gasteiger charge is 2.24. The van der Waals surface area contributed by atoms with E-state index in [0.717, 1.165) is 40.8 Å². The van der Waals surface area contributed by atoms with Crippen LogP contribution in [0, 0.1) is 0 Å². The van der Waals surface area contributed by atoms with E-state index in [1.54, 1.807) is 12.6 Å². The second-order valence-electron chi connectivity index (χ2n) is 6.67. The highest BCUT2D eigenvalue weighted by atomic mass is 16.3. The van der Waals surface area contributed by atoms with Crippen LogP contribution in [0.15, 0.2) is 65.5 Å². The Balaban J connectivity index is 1.34. The number of rotatable bonds is 2. The first kappa shape index (κ1) is 15.8. The maximum Gasteiger partial charge on any atom is 0.254 e. The average Bonchev–Trinajstić information content (AvgIpc) is 3.21. The van der Waals surface area contributed by atoms with Gasteiger partial charge < -0.3 is 14.2 Å². The van der Waals surface area contributed by atoms with Crippen molar-refractivity contribution in [3.63, 3.8) is 0 Å². The van der Waals surface area contributed by atoms with E-state index >= 15 is 0 Å². The van der Waals surface area contributed by atoms with E-state index in [-0.39, 0.29) is 5.91 Å². The Bertz CT molecular complexity index is 1120. The molecule has 2 aromatic carbocycles. The van der Waals surface area contributed by atoms with Crippen molar-refractivity contribution in [1.82, 2.24) is 14.9 Å². The van der Waals surface area contributed by atoms with Crippen LogP contribution in [0.5, 0.6) is 0 Å². The van der Waals surface area contributed by atoms with E-state index in [2.05, 4.69) is 14.9 Å². The van der Waals surface area contributed by atoms with Gasteiger partial charge in [-0.05, 0) is 36.4 Å². The fraction of sp³-hybridized carbons (Fsp3) is 0.190. The lowest BCUT2D eigenvalue weighted by Crippen LogP contribution is -2.49. The van der Waals surface area contributed by atoms with Crippen molar-refractivity contribution in [2.24, 2.45) is 0 Å². The fourth-order valence-corrected chi connectivity index (χ4v) is 3.65. The zero-order valence-corrected chi connectivity index (χ0v) is 14.7. The second kappa shape index (κ2) is 6.39. The first-order chi connectivity index (χ1) is 13.3. The van der Waals surface area contributed by atoms with Crippen molar-refractivity contribution in [3.05, 3.63) is 66.7 Å². The Labute approximate surface area is 156 Å². The number of carbonyl (C=O) groups excluding carboxylic acids is 1. The van der Waals surface area contributed by atoms with Gasteiger partial charge in [0.15, 0.2) is 0 Å². The Kier molecular flexibility index (Phi) is 3.74. The lowest BCUT2D eigenvalue weighted by Gasteiger charge is -2.35. The van der Waals surface area contributed by atoms with E-state index in [1.165, 1.54) is 0 Å². The standard InChI is InChI=1S/C21H18N4O2/c26-21(16-5-6-19-15(13-16)7-12-27-19)25-10-8-24(9-11-25)20-17-3-1-2-4-18(17)22-14-23-20/h1-7,12-14H,8-11H2. The largest absolute Gasteiger partial charge is 0.464 e. The minimum atomic E-state index is 0.0605. The summed E-state index contributed by atoms with van der Waals surface area (Å²) in [5.41, 5.74) is 2.44. The summed E-state index contributed by atoms with van der Waals surface area (Å²) >= 11 is 0. The number of fused-ring (bicyclic) bond motifs is 2. The van der Waals surface area contributed by atoms with Crippen LogP contribution in [-0.4, -0.2) is 47.0 Å². The first-order valence-electron chi connectivity index (χ1n) is 9.01. The molecule has 1 amide bonds. The molecule has 4 aromatic rings. The molecule has 0 aliphatic carbocycles. The van der Waals surface area contributed by atoms with Gasteiger partial charge >= 0.3 is 0 Å². The van der Waals surface area contributed by atoms with Gasteiger partial charge in [0.25, 0.3) is 5.91 Å². The summed E-state index contributed by atoms with van der Waals surface area (Å²) in [6.45, 7) is 2.84. The monoisotopic (exact) mass is 358 g/mol. The Morgan fingerprint density at radius 2 is 1.81 bits per heavy atom. The zero-order chi connectivity index (χ0) is 18.2. The number of amides is 1. The highest BCUT2D eigenvalue weighted by Crippen LogP contribution is 2.24. The molecule has 0 radical (unpaired) electrons. The fourth-order valence-electron chi connectivity index (χ4n) is 3.65. The van der Waals surface area contributed by atoms with Gasteiger partial charge in [-0.15, -0.1) is 0 Å². The lowest BCUT2D eigenvalue weighted by molar-refractivity contribution is 0.0747. The van der Waals surface area contributed by atoms with E-state index < -0.39 is 0 Å². The third-order valence-electron chi connectivity index (χ3n) is 5.09. The molecule has 1 saturated heterocycles. The number of carbonyl (C=O) groups is 1. The molecule has 6 nitrogen and oxygen atoms in total. The number of piperazine rings is 1. The van der Waals surface area contributed by atoms with Crippen LogP contribution < -0.4 is 4.90 Å². The van der Waals surface area contributed by atoms with Crippen LogP contribution in [0.3, 0.4) is 0 Å². The van der Waals surface area contributed by atoms with Crippen molar-refractivity contribution < 1.29 is 9.21 Å². The Morgan fingerprint density at radius 1 is 0.963 bits per heavy atom. The summed E-state index contributed by atoms with van der Waals surface area (Å²) in [5.74, 6) is 0.998. The predicted octanol–water partition coefficient (Wildman–Crippen LogP) is 3.34. The van der Waals surface area contributed by atoms with Crippen molar-refractivity contribution in [2.75, 3.05) is 31.1 Å². The summed E-state index contributed by atoms with van der Waals surface area (Å²) in [7, 11) is 0. The van der Waals surface area contributed by atoms with Gasteiger partial charge in [-0.2, -0.15) is 0 Å². The molecule has 0 saturated carbocycles. The van der Waals surface area contributed by atoms with Gasteiger partial charge in [0, 0.05) is 42.5 Å². The summed E-state index contributed by atoms with van der Waals surface area (Å²) < 4.78 is 5.35. The molecule has 1 aliphatic heterocycles. The van der Waals surface area contributed by atoms with Crippen LogP contribution in [-0.2, 0) is 0 Å². The molecule has 0 N–H and O–H groups in total. The average molecular weight is 358 g/mol. The lowest BCUT2D eigenvalue weighted by atomic mass is 10.1. The summed E-state index contributed by atoms with van der Waals surface area (Å²) in [6, 6.07) is 15.5. The molecule has 1 aliphatic rings. The predicted molar refractivity (Wildman–Crippen MR) is 104 cm³/mol. The molecule has 0 bridgehead atoms. The van der Waals surface area contributed by atoms with E-state index in [9.17, 15) is 4.79 Å². The molecule has 1 fully saturated rings. The van der Waals surface area contributed by atoms with Crippen molar-refractivity contribution in [2.45, 2.75) is 0 Å². The molecule has 0 atom stereocenters. The maximum atomic E-state index is 12.9. The summed E-state index contributed by atoms with van der Waals surface area (Å²) in [4.78, 5) is 25.8. The van der Waals surface area contributed by atoms with Gasteiger partial charge in [0.2, 0.25) is 0 Å². The van der Waals surface area contributed by atoms with Crippen LogP contribution in [0.4, 0.5) is 5.82 Å². The van der Waals surface area contributed by atoms with Crippen LogP contribution in [0.1, 0.15) is 10.4 Å². The van der Waals surface area contributed by atoms with Crippen molar-refractivity contribution >= 4 is 33.6 Å². The smallest absolute Gasteiger partial charge is 0.254 e. The van der Waals surface area contributed by atoms with Crippen molar-refractivity contribution in [1.29, 1.82) is 0 Å². The molecule has 3 heterocycles. The number of hydrogen-bond acceptors (Lipinski definition) is 5. The first-order valence-corrected chi connectivity index (χ1v) is 9.01. The van der Waals surface area contributed by atoms with Gasteiger partial charge in [-0.1, -0.05) is 12.1 Å². The van der Waals surface area contributed by atoms with Gasteiger partial charge in [-0.25, -0.2) is 9.97 Å². The van der Waals surface area contributed by atoms with Crippen LogP contribution in [0.2, 0.25) is 0 Å². The number of para-hydroxylation sites is 1. The molecule has 5 rings (SSSR count). The summed E-state index contributed by atoms with van der Waals surface area (Å²) in [5, 5.41) is 2.00. The third-order valence-corrected chi connectivity index (χ3v) is 5.09. The zero-order valence-electron chi connectivity index (χ0n) is 14.7. The van der Waals surface area contributed by atoms with E-state index in [0.29, 0.717) is 18.7 Å². The quantitative estimate of drug-likeness (QED) is 0.550. The third kappa shape index (κ3) is 2.79. The number of furan rings is 1. The number of aromatic nitrogens is 2. The molecular formula is C21H18N4O2. The number of benzene rings is 2. The molecule has 0 spiro atoms. The molecule has 134 valence electrons. The SMILES string of the molecule is O=C(c1ccc2occc2c1)N1CCN(c2ncnc3ccccc23)CC1. The molecule has 2 aromatic heterocycles.